The van der Waals surface area contributed by atoms with E-state index in [-0.39, 0.29) is 36.4 Å². The maximum atomic E-state index is 12.8. The van der Waals surface area contributed by atoms with Crippen LogP contribution >= 0.6 is 24.0 Å². The Bertz CT molecular complexity index is 437. The molecule has 0 spiro atoms. The largest absolute Gasteiger partial charge is 0.403 e. The molecule has 1 heterocycles. The van der Waals surface area contributed by atoms with Gasteiger partial charge in [0.1, 0.15) is 12.6 Å². The van der Waals surface area contributed by atoms with Crippen LogP contribution in [0.1, 0.15) is 20.3 Å². The Morgan fingerprint density at radius 2 is 1.80 bits per heavy atom. The molecule has 25 heavy (non-hydrogen) atoms. The van der Waals surface area contributed by atoms with Gasteiger partial charge >= 0.3 is 6.18 Å². The summed E-state index contributed by atoms with van der Waals surface area (Å²) in [5, 5.41) is 3.17. The van der Waals surface area contributed by atoms with E-state index in [1.54, 1.807) is 14.1 Å². The molecule has 0 saturated carbocycles. The third kappa shape index (κ3) is 7.97. The van der Waals surface area contributed by atoms with E-state index < -0.39 is 12.2 Å². The molecule has 0 aliphatic carbocycles. The van der Waals surface area contributed by atoms with E-state index >= 15 is 0 Å². The van der Waals surface area contributed by atoms with Gasteiger partial charge in [0.25, 0.3) is 0 Å². The third-order valence-corrected chi connectivity index (χ3v) is 4.03. The first-order chi connectivity index (χ1) is 11.2. The molecule has 1 atom stereocenters. The zero-order valence-electron chi connectivity index (χ0n) is 15.3. The first-order valence-electron chi connectivity index (χ1n) is 8.21. The van der Waals surface area contributed by atoms with Crippen molar-refractivity contribution in [3.8, 4) is 0 Å². The molecule has 0 aromatic rings. The molecule has 0 aromatic carbocycles. The molecule has 0 radical (unpaired) electrons. The molecular formula is C15H29F3IN5O. The highest BCUT2D eigenvalue weighted by atomic mass is 127. The quantitative estimate of drug-likeness (QED) is 0.370. The molecule has 0 aromatic heterocycles. The fourth-order valence-electron chi connectivity index (χ4n) is 2.32. The molecule has 1 saturated heterocycles. The van der Waals surface area contributed by atoms with Crippen molar-refractivity contribution in [2.45, 2.75) is 32.5 Å². The molecule has 10 heteroatoms. The Balaban J connectivity index is 0.00000576. The summed E-state index contributed by atoms with van der Waals surface area (Å²) in [6, 6.07) is -1.45. The molecule has 1 amide bonds. The number of nitrogens with one attached hydrogen (secondary N) is 1. The predicted molar refractivity (Wildman–Crippen MR) is 103 cm³/mol. The highest BCUT2D eigenvalue weighted by Gasteiger charge is 2.41. The van der Waals surface area contributed by atoms with E-state index in [1.807, 2.05) is 11.8 Å². The van der Waals surface area contributed by atoms with Crippen molar-refractivity contribution in [2.75, 3.05) is 53.4 Å². The normalized spacial score (nSPS) is 17.7. The number of amides is 1. The summed E-state index contributed by atoms with van der Waals surface area (Å²) in [6.45, 7) is 5.46. The summed E-state index contributed by atoms with van der Waals surface area (Å²) in [5.74, 6) is 0.474. The van der Waals surface area contributed by atoms with E-state index in [2.05, 4.69) is 10.3 Å². The average Bonchev–Trinajstić information content (AvgIpc) is 2.53. The number of piperazine rings is 1. The van der Waals surface area contributed by atoms with E-state index in [0.717, 1.165) is 6.42 Å². The first kappa shape index (κ1) is 24.2. The first-order valence-corrected chi connectivity index (χ1v) is 8.21. The van der Waals surface area contributed by atoms with Crippen molar-refractivity contribution in [1.29, 1.82) is 0 Å². The molecule has 1 aliphatic heterocycles. The van der Waals surface area contributed by atoms with E-state index in [1.165, 1.54) is 16.7 Å². The standard InChI is InChI=1S/C15H28F3N5O.HI/c1-5-6-19-14(20-11-13(24)21(3)4)23-9-7-22(8-10-23)12(2)15(16,17)18;/h12H,5-11H2,1-4H3,(H,19,20);1H. The van der Waals surface area contributed by atoms with Gasteiger partial charge in [-0.1, -0.05) is 6.92 Å². The topological polar surface area (TPSA) is 51.2 Å². The van der Waals surface area contributed by atoms with Crippen molar-refractivity contribution >= 4 is 35.8 Å². The number of carbonyl (C=O) groups is 1. The van der Waals surface area contributed by atoms with Gasteiger partial charge in [0.15, 0.2) is 5.96 Å². The highest BCUT2D eigenvalue weighted by Crippen LogP contribution is 2.25. The molecule has 1 aliphatic rings. The van der Waals surface area contributed by atoms with Gasteiger partial charge in [0.05, 0.1) is 0 Å². The smallest absolute Gasteiger partial charge is 0.356 e. The van der Waals surface area contributed by atoms with Crippen LogP contribution in [0.2, 0.25) is 0 Å². The summed E-state index contributed by atoms with van der Waals surface area (Å²) >= 11 is 0. The number of aliphatic imine (C=N–C) groups is 1. The zero-order valence-corrected chi connectivity index (χ0v) is 17.6. The summed E-state index contributed by atoms with van der Waals surface area (Å²) < 4.78 is 38.4. The van der Waals surface area contributed by atoms with Gasteiger partial charge in [0.2, 0.25) is 5.91 Å². The van der Waals surface area contributed by atoms with Crippen molar-refractivity contribution < 1.29 is 18.0 Å². The number of likely N-dealkylation sites (N-methyl/N-ethyl adjacent to an activating group) is 1. The maximum absolute atomic E-state index is 12.8. The second-order valence-corrected chi connectivity index (χ2v) is 6.10. The molecular weight excluding hydrogens is 450 g/mol. The predicted octanol–water partition coefficient (Wildman–Crippen LogP) is 1.62. The fourth-order valence-corrected chi connectivity index (χ4v) is 2.32. The number of carbonyl (C=O) groups excluding carboxylic acids is 1. The third-order valence-electron chi connectivity index (χ3n) is 4.03. The number of hydrogen-bond acceptors (Lipinski definition) is 3. The van der Waals surface area contributed by atoms with E-state index in [4.69, 9.17) is 0 Å². The Hall–Kier alpha value is -0.780. The molecule has 1 N–H and O–H groups in total. The van der Waals surface area contributed by atoms with Crippen LogP contribution in [0.15, 0.2) is 4.99 Å². The van der Waals surface area contributed by atoms with Gasteiger partial charge in [0, 0.05) is 46.8 Å². The second kappa shape index (κ2) is 11.0. The molecule has 1 fully saturated rings. The van der Waals surface area contributed by atoms with Crippen LogP contribution in [0, 0.1) is 0 Å². The highest BCUT2D eigenvalue weighted by molar-refractivity contribution is 14.0. The fraction of sp³-hybridized carbons (Fsp3) is 0.867. The lowest BCUT2D eigenvalue weighted by molar-refractivity contribution is -0.181. The summed E-state index contributed by atoms with van der Waals surface area (Å²) in [6.07, 6.45) is -3.32. The van der Waals surface area contributed by atoms with Crippen molar-refractivity contribution in [1.82, 2.24) is 20.0 Å². The summed E-state index contributed by atoms with van der Waals surface area (Å²) in [7, 11) is 3.32. The summed E-state index contributed by atoms with van der Waals surface area (Å²) in [4.78, 5) is 20.8. The van der Waals surface area contributed by atoms with Gasteiger partial charge in [-0.25, -0.2) is 4.99 Å². The van der Waals surface area contributed by atoms with Gasteiger partial charge in [-0.2, -0.15) is 13.2 Å². The van der Waals surface area contributed by atoms with Crippen LogP contribution in [0.25, 0.3) is 0 Å². The van der Waals surface area contributed by atoms with Crippen LogP contribution in [0.5, 0.6) is 0 Å². The van der Waals surface area contributed by atoms with Crippen molar-refractivity contribution in [2.24, 2.45) is 4.99 Å². The lowest BCUT2D eigenvalue weighted by Gasteiger charge is -2.39. The molecule has 1 rings (SSSR count). The van der Waals surface area contributed by atoms with Gasteiger partial charge in [-0.05, 0) is 13.3 Å². The Labute approximate surface area is 164 Å². The van der Waals surface area contributed by atoms with Crippen LogP contribution in [-0.4, -0.2) is 92.1 Å². The average molecular weight is 479 g/mol. The number of rotatable bonds is 5. The number of alkyl halides is 3. The Morgan fingerprint density at radius 3 is 2.24 bits per heavy atom. The lowest BCUT2D eigenvalue weighted by Crippen LogP contribution is -2.57. The molecule has 148 valence electrons. The molecule has 1 unspecified atom stereocenters. The van der Waals surface area contributed by atoms with E-state index in [9.17, 15) is 18.0 Å². The van der Waals surface area contributed by atoms with E-state index in [0.29, 0.717) is 38.7 Å². The molecule has 0 bridgehead atoms. The zero-order chi connectivity index (χ0) is 18.3. The number of guanidine groups is 1. The monoisotopic (exact) mass is 479 g/mol. The SMILES string of the molecule is CCCNC(=NCC(=O)N(C)C)N1CCN(C(C)C(F)(F)F)CC1.I. The minimum absolute atomic E-state index is 0. The number of halogens is 4. The Morgan fingerprint density at radius 1 is 1.24 bits per heavy atom. The van der Waals surface area contributed by atoms with Crippen LogP contribution < -0.4 is 5.32 Å². The second-order valence-electron chi connectivity index (χ2n) is 6.10. The van der Waals surface area contributed by atoms with Crippen LogP contribution in [-0.2, 0) is 4.79 Å². The van der Waals surface area contributed by atoms with Gasteiger partial charge in [-0.3, -0.25) is 9.69 Å². The maximum Gasteiger partial charge on any atom is 0.403 e. The van der Waals surface area contributed by atoms with Crippen LogP contribution in [0.4, 0.5) is 13.2 Å². The van der Waals surface area contributed by atoms with Crippen LogP contribution in [0.3, 0.4) is 0 Å². The van der Waals surface area contributed by atoms with Crippen molar-refractivity contribution in [3.63, 3.8) is 0 Å². The Kier molecular flexibility index (Phi) is 10.7. The van der Waals surface area contributed by atoms with Gasteiger partial charge < -0.3 is 15.1 Å². The number of nitrogens with zero attached hydrogens (tertiary/aromatic N) is 4. The minimum atomic E-state index is -4.21. The number of hydrogen-bond donors (Lipinski definition) is 1. The molecule has 6 nitrogen and oxygen atoms in total. The summed E-state index contributed by atoms with van der Waals surface area (Å²) in [5.41, 5.74) is 0. The minimum Gasteiger partial charge on any atom is -0.356 e. The van der Waals surface area contributed by atoms with Crippen molar-refractivity contribution in [3.05, 3.63) is 0 Å². The van der Waals surface area contributed by atoms with Gasteiger partial charge in [-0.15, -0.1) is 24.0 Å². The lowest BCUT2D eigenvalue weighted by atomic mass is 10.2.